The third-order valence-corrected chi connectivity index (χ3v) is 4.49. The summed E-state index contributed by atoms with van der Waals surface area (Å²) in [6.45, 7) is 0. The van der Waals surface area contributed by atoms with Gasteiger partial charge in [-0.05, 0) is 24.8 Å². The highest BCUT2D eigenvalue weighted by Crippen LogP contribution is 2.15. The Morgan fingerprint density at radius 2 is 2.05 bits per heavy atom. The molecule has 0 bridgehead atoms. The van der Waals surface area contributed by atoms with Crippen molar-refractivity contribution in [1.82, 2.24) is 10.6 Å². The van der Waals surface area contributed by atoms with Crippen molar-refractivity contribution < 1.29 is 13.2 Å². The summed E-state index contributed by atoms with van der Waals surface area (Å²) < 4.78 is 23.2. The van der Waals surface area contributed by atoms with Gasteiger partial charge in [0.2, 0.25) is 0 Å². The highest BCUT2D eigenvalue weighted by atomic mass is 32.2. The van der Waals surface area contributed by atoms with Crippen LogP contribution in [-0.2, 0) is 9.84 Å². The number of rotatable bonds is 5. The Morgan fingerprint density at radius 1 is 1.32 bits per heavy atom. The van der Waals surface area contributed by atoms with Crippen molar-refractivity contribution in [1.29, 1.82) is 0 Å². The molecule has 2 amide bonds. The van der Waals surface area contributed by atoms with Crippen LogP contribution in [0.5, 0.6) is 0 Å². The molecule has 0 fully saturated rings. The summed E-state index contributed by atoms with van der Waals surface area (Å²) >= 11 is 0. The van der Waals surface area contributed by atoms with Crippen LogP contribution in [-0.4, -0.2) is 32.5 Å². The summed E-state index contributed by atoms with van der Waals surface area (Å²) in [6, 6.07) is 8.27. The molecule has 120 valence electrons. The second kappa shape index (κ2) is 7.45. The normalized spacial score (nSPS) is 19.4. The van der Waals surface area contributed by atoms with Crippen LogP contribution in [0.25, 0.3) is 0 Å². The van der Waals surface area contributed by atoms with Gasteiger partial charge in [-0.2, -0.15) is 0 Å². The highest BCUT2D eigenvalue weighted by Gasteiger charge is 2.20. The zero-order valence-corrected chi connectivity index (χ0v) is 13.5. The lowest BCUT2D eigenvalue weighted by Gasteiger charge is -2.22. The highest BCUT2D eigenvalue weighted by molar-refractivity contribution is 7.90. The summed E-state index contributed by atoms with van der Waals surface area (Å²) in [5, 5.41) is 5.65. The van der Waals surface area contributed by atoms with Crippen LogP contribution in [0.4, 0.5) is 4.79 Å². The summed E-state index contributed by atoms with van der Waals surface area (Å²) in [5.41, 5.74) is 0.780. The van der Waals surface area contributed by atoms with E-state index < -0.39 is 15.9 Å². The number of hydrogen-bond donors (Lipinski definition) is 2. The number of allylic oxidation sites excluding steroid dienone is 1. The lowest BCUT2D eigenvalue weighted by atomic mass is 10.0. The molecule has 2 atom stereocenters. The number of carbonyl (C=O) groups excluding carboxylic acids is 1. The fraction of sp³-hybridized carbons (Fsp3) is 0.438. The van der Waals surface area contributed by atoms with Crippen LogP contribution in [0.1, 0.15) is 30.9 Å². The van der Waals surface area contributed by atoms with E-state index in [2.05, 4.69) is 16.7 Å². The van der Waals surface area contributed by atoms with Crippen LogP contribution in [0.2, 0.25) is 0 Å². The first-order valence-corrected chi connectivity index (χ1v) is 9.46. The van der Waals surface area contributed by atoms with Gasteiger partial charge in [0.25, 0.3) is 0 Å². The standard InChI is InChI=1S/C16H22N2O3S/c1-22(20,21)12-15(13-8-4-2-5-9-13)18-16(19)17-14-10-6-3-7-11-14/h2,4-6,8-10,14-15H,3,7,11-12H2,1H3,(H2,17,18,19)/t14-,15+/m1/s1. The lowest BCUT2D eigenvalue weighted by Crippen LogP contribution is -2.44. The first kappa shape index (κ1) is 16.5. The third-order valence-electron chi connectivity index (χ3n) is 3.55. The van der Waals surface area contributed by atoms with Gasteiger partial charge in [0.15, 0.2) is 0 Å². The van der Waals surface area contributed by atoms with Gasteiger partial charge in [0.05, 0.1) is 11.8 Å². The number of nitrogens with one attached hydrogen (secondary N) is 2. The second-order valence-corrected chi connectivity index (χ2v) is 7.82. The van der Waals surface area contributed by atoms with Gasteiger partial charge in [-0.15, -0.1) is 0 Å². The van der Waals surface area contributed by atoms with E-state index in [4.69, 9.17) is 0 Å². The molecular formula is C16H22N2O3S. The molecule has 0 radical (unpaired) electrons. The van der Waals surface area contributed by atoms with E-state index in [0.717, 1.165) is 24.8 Å². The van der Waals surface area contributed by atoms with Gasteiger partial charge in [0, 0.05) is 12.3 Å². The average molecular weight is 322 g/mol. The van der Waals surface area contributed by atoms with Crippen LogP contribution in [0, 0.1) is 0 Å². The molecule has 0 saturated carbocycles. The Labute approximate surface area is 131 Å². The summed E-state index contributed by atoms with van der Waals surface area (Å²) in [4.78, 5) is 12.1. The van der Waals surface area contributed by atoms with Crippen LogP contribution >= 0.6 is 0 Å². The SMILES string of the molecule is CS(=O)(=O)C[C@H](NC(=O)N[C@@H]1C=CCCC1)c1ccccc1. The molecule has 0 aromatic heterocycles. The van der Waals surface area contributed by atoms with Crippen LogP contribution < -0.4 is 10.6 Å². The van der Waals surface area contributed by atoms with E-state index in [-0.39, 0.29) is 17.8 Å². The Balaban J connectivity index is 2.04. The van der Waals surface area contributed by atoms with Crippen molar-refractivity contribution in [3.8, 4) is 0 Å². The molecule has 2 N–H and O–H groups in total. The molecule has 0 saturated heterocycles. The molecule has 0 heterocycles. The maximum Gasteiger partial charge on any atom is 0.315 e. The summed E-state index contributed by atoms with van der Waals surface area (Å²) in [6.07, 6.45) is 8.21. The minimum Gasteiger partial charge on any atom is -0.332 e. The first-order chi connectivity index (χ1) is 10.4. The Morgan fingerprint density at radius 3 is 2.64 bits per heavy atom. The van der Waals surface area contributed by atoms with Crippen molar-refractivity contribution in [2.24, 2.45) is 0 Å². The maximum absolute atomic E-state index is 12.1. The topological polar surface area (TPSA) is 75.3 Å². The number of hydrogen-bond acceptors (Lipinski definition) is 3. The molecule has 22 heavy (non-hydrogen) atoms. The Hall–Kier alpha value is -1.82. The van der Waals surface area contributed by atoms with E-state index in [9.17, 15) is 13.2 Å². The van der Waals surface area contributed by atoms with Crippen molar-refractivity contribution in [2.75, 3.05) is 12.0 Å². The minimum absolute atomic E-state index is 0.0170. The number of carbonyl (C=O) groups is 1. The van der Waals surface area contributed by atoms with E-state index in [1.807, 2.05) is 36.4 Å². The molecule has 5 nitrogen and oxygen atoms in total. The molecule has 1 aromatic rings. The summed E-state index contributed by atoms with van der Waals surface area (Å²) in [7, 11) is -3.21. The third kappa shape index (κ3) is 5.52. The molecule has 1 aliphatic rings. The van der Waals surface area contributed by atoms with Gasteiger partial charge in [0.1, 0.15) is 9.84 Å². The minimum atomic E-state index is -3.21. The maximum atomic E-state index is 12.1. The lowest BCUT2D eigenvalue weighted by molar-refractivity contribution is 0.235. The van der Waals surface area contributed by atoms with Crippen molar-refractivity contribution in [2.45, 2.75) is 31.3 Å². The quantitative estimate of drug-likeness (QED) is 0.816. The number of amides is 2. The van der Waals surface area contributed by atoms with Gasteiger partial charge >= 0.3 is 6.03 Å². The zero-order valence-electron chi connectivity index (χ0n) is 12.7. The molecule has 0 aliphatic heterocycles. The average Bonchev–Trinajstić information content (AvgIpc) is 2.47. The van der Waals surface area contributed by atoms with E-state index >= 15 is 0 Å². The van der Waals surface area contributed by atoms with Crippen molar-refractivity contribution in [3.63, 3.8) is 0 Å². The fourth-order valence-corrected chi connectivity index (χ4v) is 3.39. The predicted octanol–water partition coefficient (Wildman–Crippen LogP) is 2.18. The van der Waals surface area contributed by atoms with Crippen LogP contribution in [0.15, 0.2) is 42.5 Å². The fourth-order valence-electron chi connectivity index (χ4n) is 2.51. The van der Waals surface area contributed by atoms with Crippen LogP contribution in [0.3, 0.4) is 0 Å². The zero-order chi connectivity index (χ0) is 16.0. The molecule has 6 heteroatoms. The molecule has 1 aromatic carbocycles. The monoisotopic (exact) mass is 322 g/mol. The first-order valence-electron chi connectivity index (χ1n) is 7.40. The molecular weight excluding hydrogens is 300 g/mol. The van der Waals surface area contributed by atoms with Crippen molar-refractivity contribution in [3.05, 3.63) is 48.0 Å². The van der Waals surface area contributed by atoms with Gasteiger partial charge < -0.3 is 10.6 Å². The number of benzene rings is 1. The van der Waals surface area contributed by atoms with Gasteiger partial charge in [-0.25, -0.2) is 13.2 Å². The Kier molecular flexibility index (Phi) is 5.60. The predicted molar refractivity (Wildman–Crippen MR) is 87.3 cm³/mol. The Bertz CT molecular complexity index is 626. The smallest absolute Gasteiger partial charge is 0.315 e. The van der Waals surface area contributed by atoms with Gasteiger partial charge in [-0.3, -0.25) is 0 Å². The van der Waals surface area contributed by atoms with E-state index in [1.54, 1.807) is 0 Å². The summed E-state index contributed by atoms with van der Waals surface area (Å²) in [5.74, 6) is -0.120. The van der Waals surface area contributed by atoms with E-state index in [1.165, 1.54) is 6.26 Å². The molecule has 0 unspecified atom stereocenters. The number of urea groups is 1. The molecule has 1 aliphatic carbocycles. The van der Waals surface area contributed by atoms with Crippen molar-refractivity contribution >= 4 is 15.9 Å². The second-order valence-electron chi connectivity index (χ2n) is 5.64. The van der Waals surface area contributed by atoms with Gasteiger partial charge in [-0.1, -0.05) is 42.5 Å². The number of sulfone groups is 1. The largest absolute Gasteiger partial charge is 0.332 e. The van der Waals surface area contributed by atoms with E-state index in [0.29, 0.717) is 0 Å². The molecule has 2 rings (SSSR count). The molecule has 0 spiro atoms.